The van der Waals surface area contributed by atoms with Crippen molar-refractivity contribution in [3.63, 3.8) is 0 Å². The second-order valence-electron chi connectivity index (χ2n) is 7.05. The molecule has 0 fully saturated rings. The van der Waals surface area contributed by atoms with Crippen LogP contribution in [0.1, 0.15) is 27.6 Å². The molecule has 0 aliphatic carbocycles. The zero-order chi connectivity index (χ0) is 23.3. The van der Waals surface area contributed by atoms with Crippen LogP contribution in [-0.4, -0.2) is 65.5 Å². The normalized spacial score (nSPS) is 13.6. The van der Waals surface area contributed by atoms with E-state index >= 15 is 0 Å². The van der Waals surface area contributed by atoms with Crippen molar-refractivity contribution in [3.8, 4) is 0 Å². The highest BCUT2D eigenvalue weighted by Gasteiger charge is 2.38. The van der Waals surface area contributed by atoms with Gasteiger partial charge in [-0.25, -0.2) is 9.78 Å². The first-order valence-electron chi connectivity index (χ1n) is 9.68. The van der Waals surface area contributed by atoms with Gasteiger partial charge in [0.2, 0.25) is 0 Å². The monoisotopic (exact) mass is 450 g/mol. The number of carboxylic acids is 1. The van der Waals surface area contributed by atoms with Crippen LogP contribution in [0.15, 0.2) is 43.0 Å². The zero-order valence-electron chi connectivity index (χ0n) is 17.2. The van der Waals surface area contributed by atoms with Crippen molar-refractivity contribution < 1.29 is 27.9 Å². The molecule has 0 unspecified atom stereocenters. The van der Waals surface area contributed by atoms with Gasteiger partial charge in [-0.1, -0.05) is 0 Å². The van der Waals surface area contributed by atoms with Gasteiger partial charge in [0.05, 0.1) is 24.0 Å². The number of fused-ring (bicyclic) bond motifs is 1. The average Bonchev–Trinajstić information content (AvgIpc) is 3.33. The van der Waals surface area contributed by atoms with Gasteiger partial charge in [-0.2, -0.15) is 18.3 Å². The third-order valence-corrected chi connectivity index (χ3v) is 4.79. The highest BCUT2D eigenvalue weighted by atomic mass is 19.4. The van der Waals surface area contributed by atoms with Crippen molar-refractivity contribution in [1.82, 2.24) is 29.2 Å². The summed E-state index contributed by atoms with van der Waals surface area (Å²) in [5, 5.41) is 11.4. The van der Waals surface area contributed by atoms with Gasteiger partial charge in [-0.3, -0.25) is 14.5 Å². The third-order valence-electron chi connectivity index (χ3n) is 4.79. The number of alkyl halides is 3. The molecule has 4 rings (SSSR count). The molecule has 1 N–H and O–H groups in total. The molecule has 0 saturated carbocycles. The largest absolute Gasteiger partial charge is 0.490 e. The summed E-state index contributed by atoms with van der Waals surface area (Å²) in [5.74, 6) is -1.70. The Morgan fingerprint density at radius 2 is 1.88 bits per heavy atom. The van der Waals surface area contributed by atoms with Crippen LogP contribution in [0.4, 0.5) is 13.2 Å². The number of pyridine rings is 1. The summed E-state index contributed by atoms with van der Waals surface area (Å²) in [7, 11) is 0. The molecule has 3 aromatic heterocycles. The highest BCUT2D eigenvalue weighted by molar-refractivity contribution is 5.93. The number of aromatic nitrogens is 5. The second kappa shape index (κ2) is 9.62. The van der Waals surface area contributed by atoms with E-state index in [1.807, 2.05) is 47.1 Å². The summed E-state index contributed by atoms with van der Waals surface area (Å²) >= 11 is 0. The molecular formula is C20H21F3N6O3. The van der Waals surface area contributed by atoms with Crippen LogP contribution in [-0.2, 0) is 24.3 Å². The first-order valence-corrected chi connectivity index (χ1v) is 9.68. The summed E-state index contributed by atoms with van der Waals surface area (Å²) in [4.78, 5) is 32.3. The molecule has 4 heterocycles. The Morgan fingerprint density at radius 3 is 2.47 bits per heavy atom. The maximum atomic E-state index is 12.7. The fourth-order valence-corrected chi connectivity index (χ4v) is 3.16. The summed E-state index contributed by atoms with van der Waals surface area (Å²) in [6, 6.07) is 5.63. The van der Waals surface area contributed by atoms with Crippen molar-refractivity contribution in [2.45, 2.75) is 32.6 Å². The molecule has 170 valence electrons. The van der Waals surface area contributed by atoms with Crippen LogP contribution < -0.4 is 0 Å². The molecule has 0 radical (unpaired) electrons. The maximum absolute atomic E-state index is 12.7. The predicted molar refractivity (Wildman–Crippen MR) is 106 cm³/mol. The van der Waals surface area contributed by atoms with E-state index in [4.69, 9.17) is 9.90 Å². The molecular weight excluding hydrogens is 429 g/mol. The van der Waals surface area contributed by atoms with E-state index in [2.05, 4.69) is 19.6 Å². The minimum absolute atomic E-state index is 0.0341. The van der Waals surface area contributed by atoms with Crippen molar-refractivity contribution >= 4 is 11.9 Å². The van der Waals surface area contributed by atoms with Crippen LogP contribution in [0.3, 0.4) is 0 Å². The topological polar surface area (TPSA) is 106 Å². The molecule has 1 aliphatic rings. The first kappa shape index (κ1) is 23.0. The Bertz CT molecular complexity index is 1060. The van der Waals surface area contributed by atoms with E-state index in [0.29, 0.717) is 25.2 Å². The van der Waals surface area contributed by atoms with Gasteiger partial charge in [0.1, 0.15) is 5.82 Å². The molecule has 0 saturated heterocycles. The number of carbonyl (C=O) groups is 2. The van der Waals surface area contributed by atoms with E-state index in [1.54, 1.807) is 12.4 Å². The van der Waals surface area contributed by atoms with Gasteiger partial charge in [-0.05, 0) is 25.1 Å². The number of hydrogen-bond donors (Lipinski definition) is 1. The average molecular weight is 450 g/mol. The maximum Gasteiger partial charge on any atom is 0.490 e. The Kier molecular flexibility index (Phi) is 6.91. The van der Waals surface area contributed by atoms with Crippen molar-refractivity contribution in [1.29, 1.82) is 0 Å². The molecule has 0 aromatic carbocycles. The van der Waals surface area contributed by atoms with Gasteiger partial charge >= 0.3 is 12.1 Å². The third kappa shape index (κ3) is 5.71. The van der Waals surface area contributed by atoms with Crippen LogP contribution >= 0.6 is 0 Å². The Balaban J connectivity index is 0.000000360. The minimum atomic E-state index is -5.08. The summed E-state index contributed by atoms with van der Waals surface area (Å²) in [5.41, 5.74) is 2.67. The van der Waals surface area contributed by atoms with Crippen LogP contribution in [0, 0.1) is 6.92 Å². The standard InChI is InChI=1S/C18H20N6O.C2HF3O2/c1-14-3-4-15(11-19-14)18(25)22-8-5-17-20-12-16(24(17)10-9-22)13-23-7-2-6-21-23;3-2(4,5)1(6)7/h2-4,6-7,11-12H,5,8-10,13H2,1H3;(H,6,7). The number of carboxylic acid groups (broad SMARTS) is 1. The van der Waals surface area contributed by atoms with Gasteiger partial charge in [0.25, 0.3) is 5.91 Å². The first-order chi connectivity index (χ1) is 15.1. The van der Waals surface area contributed by atoms with Crippen molar-refractivity contribution in [2.75, 3.05) is 13.1 Å². The number of halogens is 3. The van der Waals surface area contributed by atoms with Gasteiger partial charge < -0.3 is 14.6 Å². The Labute approximate surface area is 181 Å². The molecule has 9 nitrogen and oxygen atoms in total. The lowest BCUT2D eigenvalue weighted by atomic mass is 10.2. The van der Waals surface area contributed by atoms with Crippen LogP contribution in [0.5, 0.6) is 0 Å². The number of rotatable bonds is 3. The highest BCUT2D eigenvalue weighted by Crippen LogP contribution is 2.15. The minimum Gasteiger partial charge on any atom is -0.475 e. The second-order valence-corrected chi connectivity index (χ2v) is 7.05. The lowest BCUT2D eigenvalue weighted by Crippen LogP contribution is -2.33. The fraction of sp³-hybridized carbons (Fsp3) is 0.350. The quantitative estimate of drug-likeness (QED) is 0.656. The van der Waals surface area contributed by atoms with E-state index in [9.17, 15) is 18.0 Å². The lowest BCUT2D eigenvalue weighted by molar-refractivity contribution is -0.192. The van der Waals surface area contributed by atoms with Crippen LogP contribution in [0.2, 0.25) is 0 Å². The molecule has 0 spiro atoms. The number of aliphatic carboxylic acids is 1. The molecule has 32 heavy (non-hydrogen) atoms. The number of amides is 1. The number of nitrogens with zero attached hydrogens (tertiary/aromatic N) is 6. The number of aryl methyl sites for hydroxylation is 1. The van der Waals surface area contributed by atoms with Gasteiger partial charge in [0, 0.05) is 50.3 Å². The SMILES string of the molecule is Cc1ccc(C(=O)N2CCc3ncc(Cn4cccn4)n3CC2)cn1.O=C(O)C(F)(F)F. The van der Waals surface area contributed by atoms with E-state index in [-0.39, 0.29) is 5.91 Å². The molecule has 3 aromatic rings. The van der Waals surface area contributed by atoms with Crippen molar-refractivity contribution in [3.05, 3.63) is 65.8 Å². The lowest BCUT2D eigenvalue weighted by Gasteiger charge is -2.20. The summed E-state index contributed by atoms with van der Waals surface area (Å²) < 4.78 is 35.8. The molecule has 12 heteroatoms. The number of hydrogen-bond acceptors (Lipinski definition) is 5. The molecule has 0 atom stereocenters. The van der Waals surface area contributed by atoms with Crippen LogP contribution in [0.25, 0.3) is 0 Å². The van der Waals surface area contributed by atoms with E-state index in [1.165, 1.54) is 0 Å². The fourth-order valence-electron chi connectivity index (χ4n) is 3.16. The smallest absolute Gasteiger partial charge is 0.475 e. The summed E-state index contributed by atoms with van der Waals surface area (Å²) in [6.07, 6.45) is 2.96. The molecule has 1 amide bonds. The van der Waals surface area contributed by atoms with E-state index in [0.717, 1.165) is 30.2 Å². The van der Waals surface area contributed by atoms with Gasteiger partial charge in [-0.15, -0.1) is 0 Å². The molecule has 1 aliphatic heterocycles. The van der Waals surface area contributed by atoms with Crippen molar-refractivity contribution in [2.24, 2.45) is 0 Å². The Morgan fingerprint density at radius 1 is 1.12 bits per heavy atom. The Hall–Kier alpha value is -3.70. The zero-order valence-corrected chi connectivity index (χ0v) is 17.2. The predicted octanol–water partition coefficient (Wildman–Crippen LogP) is 2.16. The van der Waals surface area contributed by atoms with E-state index < -0.39 is 12.1 Å². The molecule has 0 bridgehead atoms. The summed E-state index contributed by atoms with van der Waals surface area (Å²) in [6.45, 7) is 4.69. The van der Waals surface area contributed by atoms with Gasteiger partial charge in [0.15, 0.2) is 0 Å². The number of imidazole rings is 1. The number of carbonyl (C=O) groups excluding carboxylic acids is 1.